The normalized spacial score (nSPS) is 11.3. The van der Waals surface area contributed by atoms with E-state index in [4.69, 9.17) is 18.9 Å². The van der Waals surface area contributed by atoms with Crippen LogP contribution in [0.3, 0.4) is 0 Å². The molecule has 0 unspecified atom stereocenters. The largest absolute Gasteiger partial charge is 0.460 e. The maximum atomic E-state index is 11.3. The van der Waals surface area contributed by atoms with E-state index < -0.39 is 5.60 Å². The van der Waals surface area contributed by atoms with Crippen molar-refractivity contribution in [2.45, 2.75) is 32.8 Å². The number of hydrogen-bond donors (Lipinski definition) is 0. The first-order valence-electron chi connectivity index (χ1n) is 6.34. The summed E-state index contributed by atoms with van der Waals surface area (Å²) < 4.78 is 20.4. The van der Waals surface area contributed by atoms with Crippen molar-refractivity contribution in [3.63, 3.8) is 0 Å². The number of carbonyl (C=O) groups is 2. The number of aldehydes is 1. The van der Waals surface area contributed by atoms with E-state index in [0.717, 1.165) is 0 Å². The smallest absolute Gasteiger partial charge is 0.308 e. The molecule has 0 saturated carbocycles. The average Bonchev–Trinajstić information content (AvgIpc) is 2.29. The summed E-state index contributed by atoms with van der Waals surface area (Å²) in [5.41, 5.74) is -0.457. The van der Waals surface area contributed by atoms with Crippen LogP contribution in [-0.4, -0.2) is 57.5 Å². The quantitative estimate of drug-likeness (QED) is 0.318. The minimum atomic E-state index is -0.457. The first kappa shape index (κ1) is 18.0. The summed E-state index contributed by atoms with van der Waals surface area (Å²) in [6.07, 6.45) is 0.930. The van der Waals surface area contributed by atoms with Gasteiger partial charge in [-0.05, 0) is 20.8 Å². The Kier molecular flexibility index (Phi) is 10.3. The van der Waals surface area contributed by atoms with Crippen molar-refractivity contribution in [1.29, 1.82) is 0 Å². The lowest BCUT2D eigenvalue weighted by Crippen LogP contribution is -2.24. The minimum Gasteiger partial charge on any atom is -0.460 e. The summed E-state index contributed by atoms with van der Waals surface area (Å²) in [5, 5.41) is 0. The standard InChI is InChI=1S/C13H24O6/c1-13(2,3)19-12(15)4-6-16-8-10-18-11-9-17-7-5-14/h5H,4,6-11H2,1-3H3. The van der Waals surface area contributed by atoms with E-state index in [1.54, 1.807) is 0 Å². The van der Waals surface area contributed by atoms with Gasteiger partial charge in [-0.25, -0.2) is 0 Å². The highest BCUT2D eigenvalue weighted by molar-refractivity contribution is 5.69. The Morgan fingerprint density at radius 2 is 1.47 bits per heavy atom. The van der Waals surface area contributed by atoms with E-state index in [-0.39, 0.29) is 19.0 Å². The molecule has 0 aliphatic heterocycles. The fourth-order valence-corrected chi connectivity index (χ4v) is 1.12. The molecule has 0 fully saturated rings. The van der Waals surface area contributed by atoms with Crippen LogP contribution in [0.4, 0.5) is 0 Å². The molecular formula is C13H24O6. The molecule has 6 nitrogen and oxygen atoms in total. The molecule has 0 saturated heterocycles. The molecule has 0 aromatic carbocycles. The van der Waals surface area contributed by atoms with E-state index in [9.17, 15) is 9.59 Å². The average molecular weight is 276 g/mol. The topological polar surface area (TPSA) is 71.1 Å². The lowest BCUT2D eigenvalue weighted by Gasteiger charge is -2.19. The molecule has 6 heteroatoms. The molecule has 0 amide bonds. The van der Waals surface area contributed by atoms with E-state index in [1.165, 1.54) is 0 Å². The molecule has 19 heavy (non-hydrogen) atoms. The van der Waals surface area contributed by atoms with Gasteiger partial charge in [-0.2, -0.15) is 0 Å². The molecule has 0 aliphatic rings. The van der Waals surface area contributed by atoms with Gasteiger partial charge in [-0.15, -0.1) is 0 Å². The zero-order valence-corrected chi connectivity index (χ0v) is 12.0. The van der Waals surface area contributed by atoms with Gasteiger partial charge in [0.25, 0.3) is 0 Å². The van der Waals surface area contributed by atoms with Crippen molar-refractivity contribution in [3.8, 4) is 0 Å². The zero-order chi connectivity index (χ0) is 14.6. The summed E-state index contributed by atoms with van der Waals surface area (Å²) in [5.74, 6) is -0.268. The fourth-order valence-electron chi connectivity index (χ4n) is 1.12. The molecule has 0 rings (SSSR count). The summed E-state index contributed by atoms with van der Waals surface area (Å²) in [4.78, 5) is 21.2. The Hall–Kier alpha value is -0.980. The van der Waals surface area contributed by atoms with Crippen molar-refractivity contribution < 1.29 is 28.5 Å². The molecule has 112 valence electrons. The molecular weight excluding hydrogens is 252 g/mol. The Morgan fingerprint density at radius 3 is 2.00 bits per heavy atom. The van der Waals surface area contributed by atoms with Crippen LogP contribution < -0.4 is 0 Å². The Balaban J connectivity index is 3.23. The zero-order valence-electron chi connectivity index (χ0n) is 12.0. The first-order chi connectivity index (χ1) is 8.95. The monoisotopic (exact) mass is 276 g/mol. The maximum Gasteiger partial charge on any atom is 0.308 e. The number of hydrogen-bond acceptors (Lipinski definition) is 6. The predicted molar refractivity (Wildman–Crippen MR) is 69.0 cm³/mol. The molecule has 0 aliphatic carbocycles. The highest BCUT2D eigenvalue weighted by atomic mass is 16.6. The van der Waals surface area contributed by atoms with Gasteiger partial charge in [0.05, 0.1) is 39.5 Å². The van der Waals surface area contributed by atoms with Crippen LogP contribution in [-0.2, 0) is 28.5 Å². The van der Waals surface area contributed by atoms with Crippen LogP contribution in [0.15, 0.2) is 0 Å². The molecule has 0 aromatic rings. The highest BCUT2D eigenvalue weighted by Crippen LogP contribution is 2.07. The maximum absolute atomic E-state index is 11.3. The number of esters is 1. The molecule has 0 atom stereocenters. The van der Waals surface area contributed by atoms with Crippen LogP contribution in [0, 0.1) is 0 Å². The van der Waals surface area contributed by atoms with Crippen LogP contribution >= 0.6 is 0 Å². The van der Waals surface area contributed by atoms with E-state index in [1.807, 2.05) is 20.8 Å². The summed E-state index contributed by atoms with van der Waals surface area (Å²) in [7, 11) is 0. The third-order valence-corrected chi connectivity index (χ3v) is 1.80. The SMILES string of the molecule is CC(C)(C)OC(=O)CCOCCOCCOCC=O. The van der Waals surface area contributed by atoms with Crippen LogP contribution in [0.1, 0.15) is 27.2 Å². The van der Waals surface area contributed by atoms with Gasteiger partial charge in [0.15, 0.2) is 0 Å². The van der Waals surface area contributed by atoms with Gasteiger partial charge in [-0.3, -0.25) is 4.79 Å². The third-order valence-electron chi connectivity index (χ3n) is 1.80. The molecule has 0 N–H and O–H groups in total. The summed E-state index contributed by atoms with van der Waals surface area (Å²) in [6, 6.07) is 0. The highest BCUT2D eigenvalue weighted by Gasteiger charge is 2.15. The Morgan fingerprint density at radius 1 is 0.947 bits per heavy atom. The molecule has 0 aromatic heterocycles. The second-order valence-corrected chi connectivity index (χ2v) is 4.80. The second-order valence-electron chi connectivity index (χ2n) is 4.80. The van der Waals surface area contributed by atoms with Gasteiger partial charge in [0.1, 0.15) is 18.5 Å². The van der Waals surface area contributed by atoms with Crippen molar-refractivity contribution >= 4 is 12.3 Å². The van der Waals surface area contributed by atoms with Crippen LogP contribution in [0.5, 0.6) is 0 Å². The van der Waals surface area contributed by atoms with Gasteiger partial charge >= 0.3 is 5.97 Å². The van der Waals surface area contributed by atoms with Crippen molar-refractivity contribution in [3.05, 3.63) is 0 Å². The van der Waals surface area contributed by atoms with Crippen molar-refractivity contribution in [1.82, 2.24) is 0 Å². The van der Waals surface area contributed by atoms with Gasteiger partial charge in [-0.1, -0.05) is 0 Å². The predicted octanol–water partition coefficient (Wildman–Crippen LogP) is 0.967. The second kappa shape index (κ2) is 10.9. The Bertz CT molecular complexity index is 246. The van der Waals surface area contributed by atoms with Gasteiger partial charge in [0, 0.05) is 0 Å². The van der Waals surface area contributed by atoms with Crippen LogP contribution in [0.25, 0.3) is 0 Å². The number of rotatable bonds is 11. The Labute approximate surface area is 114 Å². The van der Waals surface area contributed by atoms with Crippen molar-refractivity contribution in [2.75, 3.05) is 39.6 Å². The van der Waals surface area contributed by atoms with Crippen LogP contribution in [0.2, 0.25) is 0 Å². The van der Waals surface area contributed by atoms with Crippen molar-refractivity contribution in [2.24, 2.45) is 0 Å². The van der Waals surface area contributed by atoms with E-state index in [2.05, 4.69) is 0 Å². The number of carbonyl (C=O) groups excluding carboxylic acids is 2. The van der Waals surface area contributed by atoms with Gasteiger partial charge in [0.2, 0.25) is 0 Å². The first-order valence-corrected chi connectivity index (χ1v) is 6.34. The molecule has 0 bridgehead atoms. The van der Waals surface area contributed by atoms with E-state index in [0.29, 0.717) is 39.3 Å². The molecule has 0 radical (unpaired) electrons. The van der Waals surface area contributed by atoms with Gasteiger partial charge < -0.3 is 23.7 Å². The number of ether oxygens (including phenoxy) is 4. The summed E-state index contributed by atoms with van der Waals surface area (Å²) in [6.45, 7) is 7.54. The van der Waals surface area contributed by atoms with E-state index >= 15 is 0 Å². The minimum absolute atomic E-state index is 0.0930. The summed E-state index contributed by atoms with van der Waals surface area (Å²) >= 11 is 0. The molecule has 0 spiro atoms. The third kappa shape index (κ3) is 15.0. The lowest BCUT2D eigenvalue weighted by molar-refractivity contribution is -0.156. The molecule has 0 heterocycles. The fraction of sp³-hybridized carbons (Fsp3) is 0.846. The lowest BCUT2D eigenvalue weighted by atomic mass is 10.2.